The van der Waals surface area contributed by atoms with Crippen molar-refractivity contribution >= 4 is 5.91 Å². The lowest BCUT2D eigenvalue weighted by atomic mass is 10.0. The molecule has 0 bridgehead atoms. The molecule has 0 unspecified atom stereocenters. The fraction of sp³-hybridized carbons (Fsp3) is 0.412. The molecule has 1 aliphatic rings. The molecule has 10 heteroatoms. The lowest BCUT2D eigenvalue weighted by Gasteiger charge is -2.28. The number of alkyl halides is 3. The van der Waals surface area contributed by atoms with E-state index in [0.29, 0.717) is 0 Å². The Hall–Kier alpha value is -2.49. The molecule has 1 aliphatic heterocycles. The van der Waals surface area contributed by atoms with Crippen LogP contribution in [0.15, 0.2) is 24.4 Å². The van der Waals surface area contributed by atoms with Gasteiger partial charge in [0, 0.05) is 37.8 Å². The van der Waals surface area contributed by atoms with E-state index in [9.17, 15) is 26.7 Å². The van der Waals surface area contributed by atoms with Crippen LogP contribution in [0.4, 0.5) is 22.0 Å². The molecule has 2 N–H and O–H groups in total. The number of carbonyl (C=O) groups excluding carboxylic acids is 1. The van der Waals surface area contributed by atoms with Gasteiger partial charge < -0.3 is 15.2 Å². The second kappa shape index (κ2) is 7.26. The van der Waals surface area contributed by atoms with Crippen molar-refractivity contribution in [2.45, 2.75) is 38.1 Å². The van der Waals surface area contributed by atoms with Gasteiger partial charge in [0.25, 0.3) is 0 Å². The van der Waals surface area contributed by atoms with Gasteiger partial charge in [0.1, 0.15) is 17.5 Å². The van der Waals surface area contributed by atoms with Crippen molar-refractivity contribution in [3.8, 4) is 0 Å². The van der Waals surface area contributed by atoms with E-state index in [4.69, 9.17) is 5.73 Å². The summed E-state index contributed by atoms with van der Waals surface area (Å²) in [5.41, 5.74) is 5.10. The molecule has 1 atom stereocenters. The first-order valence-corrected chi connectivity index (χ1v) is 8.24. The van der Waals surface area contributed by atoms with Crippen molar-refractivity contribution < 1.29 is 26.7 Å². The summed E-state index contributed by atoms with van der Waals surface area (Å²) in [4.78, 5) is 17.3. The van der Waals surface area contributed by atoms with Gasteiger partial charge in [-0.05, 0) is 18.1 Å². The molecule has 1 amide bonds. The van der Waals surface area contributed by atoms with Gasteiger partial charge in [0.05, 0.1) is 6.54 Å². The quantitative estimate of drug-likeness (QED) is 0.819. The van der Waals surface area contributed by atoms with Crippen LogP contribution in [-0.4, -0.2) is 32.9 Å². The van der Waals surface area contributed by atoms with E-state index in [0.717, 1.165) is 18.3 Å². The largest absolute Gasteiger partial charge is 0.434 e. The van der Waals surface area contributed by atoms with Crippen molar-refractivity contribution in [2.75, 3.05) is 6.54 Å². The van der Waals surface area contributed by atoms with Crippen LogP contribution in [0.5, 0.6) is 0 Å². The summed E-state index contributed by atoms with van der Waals surface area (Å²) >= 11 is 0. The van der Waals surface area contributed by atoms with Crippen molar-refractivity contribution in [1.29, 1.82) is 0 Å². The molecular weight excluding hydrogens is 371 g/mol. The number of imidazole rings is 1. The van der Waals surface area contributed by atoms with Crippen LogP contribution in [0.25, 0.3) is 0 Å². The molecular formula is C17H17F5N4O. The third kappa shape index (κ3) is 4.44. The van der Waals surface area contributed by atoms with Crippen LogP contribution in [0.3, 0.4) is 0 Å². The molecule has 3 rings (SSSR count). The Labute approximate surface area is 151 Å². The maximum atomic E-state index is 13.7. The van der Waals surface area contributed by atoms with Gasteiger partial charge >= 0.3 is 6.18 Å². The van der Waals surface area contributed by atoms with Gasteiger partial charge in [0.15, 0.2) is 5.69 Å². The second-order valence-corrected chi connectivity index (χ2v) is 6.45. The summed E-state index contributed by atoms with van der Waals surface area (Å²) in [6.07, 6.45) is -3.68. The highest BCUT2D eigenvalue weighted by Gasteiger charge is 2.36. The average molecular weight is 388 g/mol. The topological polar surface area (TPSA) is 64.2 Å². The Morgan fingerprint density at radius 3 is 2.67 bits per heavy atom. The molecule has 5 nitrogen and oxygen atoms in total. The Balaban J connectivity index is 1.61. The van der Waals surface area contributed by atoms with Crippen molar-refractivity contribution in [1.82, 2.24) is 14.5 Å². The van der Waals surface area contributed by atoms with Gasteiger partial charge in [-0.15, -0.1) is 0 Å². The average Bonchev–Trinajstić information content (AvgIpc) is 3.01. The number of aromatic nitrogens is 2. The number of amides is 1. The molecule has 2 aromatic rings. The summed E-state index contributed by atoms with van der Waals surface area (Å²) in [6, 6.07) is 2.41. The van der Waals surface area contributed by atoms with Crippen LogP contribution in [0, 0.1) is 11.6 Å². The fourth-order valence-corrected chi connectivity index (χ4v) is 3.00. The Morgan fingerprint density at radius 1 is 1.26 bits per heavy atom. The van der Waals surface area contributed by atoms with E-state index in [1.807, 2.05) is 0 Å². The van der Waals surface area contributed by atoms with E-state index in [1.165, 1.54) is 15.5 Å². The normalized spacial score (nSPS) is 15.6. The predicted molar refractivity (Wildman–Crippen MR) is 85.3 cm³/mol. The standard InChI is InChI=1S/C17H17F5N4O/c18-11-2-1-10(13(19)6-11)5-12(23)7-16(27)26-4-3-25-8-14(17(20,21)22)24-15(25)9-26/h1-2,6,8,12H,3-5,7,9,23H2/t12-/m1/s1. The lowest BCUT2D eigenvalue weighted by Crippen LogP contribution is -2.41. The van der Waals surface area contributed by atoms with Crippen LogP contribution in [0.1, 0.15) is 23.5 Å². The van der Waals surface area contributed by atoms with Crippen molar-refractivity contribution in [3.63, 3.8) is 0 Å². The lowest BCUT2D eigenvalue weighted by molar-refractivity contribution is -0.141. The summed E-state index contributed by atoms with van der Waals surface area (Å²) < 4.78 is 66.2. The van der Waals surface area contributed by atoms with Crippen molar-refractivity contribution in [3.05, 3.63) is 53.1 Å². The number of benzene rings is 1. The number of fused-ring (bicyclic) bond motifs is 1. The maximum Gasteiger partial charge on any atom is 0.434 e. The highest BCUT2D eigenvalue weighted by Crippen LogP contribution is 2.29. The van der Waals surface area contributed by atoms with E-state index in [2.05, 4.69) is 4.98 Å². The number of hydrogen-bond acceptors (Lipinski definition) is 3. The molecule has 1 aromatic heterocycles. The summed E-state index contributed by atoms with van der Waals surface area (Å²) in [7, 11) is 0. The molecule has 0 spiro atoms. The Bertz CT molecular complexity index is 848. The minimum absolute atomic E-state index is 0.0402. The molecule has 27 heavy (non-hydrogen) atoms. The monoisotopic (exact) mass is 388 g/mol. The van der Waals surface area contributed by atoms with Gasteiger partial charge in [-0.25, -0.2) is 13.8 Å². The third-order valence-corrected chi connectivity index (χ3v) is 4.38. The van der Waals surface area contributed by atoms with Crippen LogP contribution in [0.2, 0.25) is 0 Å². The van der Waals surface area contributed by atoms with E-state index >= 15 is 0 Å². The van der Waals surface area contributed by atoms with Gasteiger partial charge in [-0.3, -0.25) is 4.79 Å². The Kier molecular flexibility index (Phi) is 5.18. The molecule has 0 radical (unpaired) electrons. The summed E-state index contributed by atoms with van der Waals surface area (Å²) in [5, 5.41) is 0. The van der Waals surface area contributed by atoms with Crippen LogP contribution in [-0.2, 0) is 30.5 Å². The molecule has 2 heterocycles. The number of carbonyl (C=O) groups is 1. The Morgan fingerprint density at radius 2 is 2.00 bits per heavy atom. The fourth-order valence-electron chi connectivity index (χ4n) is 3.00. The minimum Gasteiger partial charge on any atom is -0.333 e. The zero-order valence-corrected chi connectivity index (χ0v) is 14.1. The SMILES string of the molecule is N[C@@H](CC(=O)N1CCn2cc(C(F)(F)F)nc2C1)Cc1ccc(F)cc1F. The molecule has 0 saturated heterocycles. The van der Waals surface area contributed by atoms with Crippen molar-refractivity contribution in [2.24, 2.45) is 5.73 Å². The predicted octanol–water partition coefficient (Wildman–Crippen LogP) is 2.48. The van der Waals surface area contributed by atoms with Crippen LogP contribution >= 0.6 is 0 Å². The first-order valence-electron chi connectivity index (χ1n) is 8.24. The van der Waals surface area contributed by atoms with Crippen LogP contribution < -0.4 is 5.73 Å². The van der Waals surface area contributed by atoms with E-state index < -0.39 is 29.5 Å². The number of nitrogens with zero attached hydrogens (tertiary/aromatic N) is 3. The third-order valence-electron chi connectivity index (χ3n) is 4.38. The first kappa shape index (κ1) is 19.3. The van der Waals surface area contributed by atoms with E-state index in [-0.39, 0.29) is 49.8 Å². The zero-order chi connectivity index (χ0) is 19.8. The highest BCUT2D eigenvalue weighted by molar-refractivity contribution is 5.76. The number of halogens is 5. The van der Waals surface area contributed by atoms with E-state index in [1.54, 1.807) is 0 Å². The second-order valence-electron chi connectivity index (χ2n) is 6.45. The van der Waals surface area contributed by atoms with Gasteiger partial charge in [-0.1, -0.05) is 6.07 Å². The summed E-state index contributed by atoms with van der Waals surface area (Å²) in [6.45, 7) is 0.385. The summed E-state index contributed by atoms with van der Waals surface area (Å²) in [5.74, 6) is -1.64. The van der Waals surface area contributed by atoms with Gasteiger partial charge in [0.2, 0.25) is 5.91 Å². The molecule has 1 aromatic carbocycles. The number of rotatable bonds is 4. The van der Waals surface area contributed by atoms with Gasteiger partial charge in [-0.2, -0.15) is 13.2 Å². The molecule has 0 aliphatic carbocycles. The first-order chi connectivity index (χ1) is 12.6. The number of hydrogen-bond donors (Lipinski definition) is 1. The molecule has 146 valence electrons. The molecule has 0 saturated carbocycles. The zero-order valence-electron chi connectivity index (χ0n) is 14.1. The smallest absolute Gasteiger partial charge is 0.333 e. The minimum atomic E-state index is -4.54. The maximum absolute atomic E-state index is 13.7. The molecule has 0 fully saturated rings. The highest BCUT2D eigenvalue weighted by atomic mass is 19.4. The number of nitrogens with two attached hydrogens (primary N) is 1.